The number of primary amides is 1. The number of hydrogen-bond donors (Lipinski definition) is 14. The Morgan fingerprint density at radius 1 is 0.798 bits per heavy atom. The number of benzene rings is 2. The van der Waals surface area contributed by atoms with Crippen LogP contribution in [0.1, 0.15) is 120 Å². The van der Waals surface area contributed by atoms with E-state index < -0.39 is 181 Å². The maximum Gasteiger partial charge on any atom is 0.446 e. The molecule has 0 radical (unpaired) electrons. The summed E-state index contributed by atoms with van der Waals surface area (Å²) in [5.41, 5.74) is 7.38. The van der Waals surface area contributed by atoms with Gasteiger partial charge in [0, 0.05) is 75.8 Å². The van der Waals surface area contributed by atoms with Crippen LogP contribution >= 0.6 is 11.3 Å². The minimum atomic E-state index is -5.22. The Bertz CT molecular complexity index is 3290. The Balaban J connectivity index is 0.918. The van der Waals surface area contributed by atoms with E-state index >= 15 is 0 Å². The summed E-state index contributed by atoms with van der Waals surface area (Å²) in [6, 6.07) is 0.270. The van der Waals surface area contributed by atoms with Crippen molar-refractivity contribution in [2.75, 3.05) is 51.3 Å². The number of amides is 7. The number of nitrogens with one attached hydrogen (secondary N) is 5. The van der Waals surface area contributed by atoms with E-state index in [2.05, 4.69) is 70.1 Å². The van der Waals surface area contributed by atoms with E-state index in [9.17, 15) is 82.3 Å². The Kier molecular flexibility index (Phi) is 23.6. The van der Waals surface area contributed by atoms with Crippen molar-refractivity contribution in [2.24, 2.45) is 23.5 Å². The Morgan fingerprint density at radius 3 is 2.11 bits per heavy atom. The molecule has 30 nitrogen and oxygen atoms in total. The van der Waals surface area contributed by atoms with Gasteiger partial charge in [-0.1, -0.05) is 43.6 Å². The molecule has 9 rings (SSSR count). The highest BCUT2D eigenvalue weighted by Gasteiger charge is 2.50. The number of rotatable bonds is 17. The van der Waals surface area contributed by atoms with Crippen LogP contribution in [0.15, 0.2) is 42.5 Å². The molecule has 0 unspecified atom stereocenters. The average molecular weight is 1360 g/mol. The standard InChI is InChI=1S/C62H89N11O19S2/c1-32-30-73-52(53(32)81)57(85)65-29-40(75)25-42(64-28-34-9-12-36(13-10-34)58-69-70-59(93-58)37-14-16-39(17-15-37)71-21-19-62(91-3,20-22-71)38-7-5-4-6-8-38)54(82)66-49(33(2)74)60(86)72-31-41(76)26-43(72)55(83)67-50(56(84)68-51(61(73)87)46(79)27-48(63)80)45(78)23-35-11-18-44(77)47(24-35)92-94(88,89)90/h11,14-18,24,32-34,36,38,40-43,45-46,49-53,64,74-79,81H,4-10,12-13,19-23,25-31H2,1-3H3,(H2,63,80)(H,65,85)(H,66,82)(H,67,83)(H,68,84)(H,88,89,90)/t32-,33+,34-,36-,40+,41+,42-,43-,45+,46+,49-,50-,51-,52-,53-/m0/s1. The molecule has 518 valence electrons. The van der Waals surface area contributed by atoms with Gasteiger partial charge in [0.05, 0.1) is 54.7 Å². The molecule has 2 aliphatic carbocycles. The zero-order valence-corrected chi connectivity index (χ0v) is 54.5. The molecule has 5 heterocycles. The molecule has 4 aliphatic heterocycles. The molecule has 3 aromatic rings. The summed E-state index contributed by atoms with van der Waals surface area (Å²) < 4.78 is 43.1. The number of aliphatic hydroxyl groups is 6. The van der Waals surface area contributed by atoms with E-state index in [0.29, 0.717) is 18.8 Å². The molecule has 15 N–H and O–H groups in total. The topological polar surface area (TPSA) is 456 Å². The summed E-state index contributed by atoms with van der Waals surface area (Å²) in [5, 5.41) is 103. The summed E-state index contributed by atoms with van der Waals surface area (Å²) in [6.45, 7) is 3.25. The van der Waals surface area contributed by atoms with E-state index in [0.717, 1.165) is 88.0 Å². The quantitative estimate of drug-likeness (QED) is 0.0692. The van der Waals surface area contributed by atoms with Gasteiger partial charge in [-0.25, -0.2) is 0 Å². The van der Waals surface area contributed by atoms with Crippen molar-refractivity contribution < 1.29 is 91.2 Å². The molecule has 7 amide bonds. The largest absolute Gasteiger partial charge is 0.504 e. The van der Waals surface area contributed by atoms with Gasteiger partial charge in [0.15, 0.2) is 11.5 Å². The summed E-state index contributed by atoms with van der Waals surface area (Å²) in [4.78, 5) is 104. The molecule has 32 heteroatoms. The van der Waals surface area contributed by atoms with E-state index in [-0.39, 0.29) is 36.1 Å². The van der Waals surface area contributed by atoms with Crippen LogP contribution < -0.4 is 41.4 Å². The number of carbonyl (C=O) groups excluding carboxylic acids is 7. The molecule has 0 bridgehead atoms. The van der Waals surface area contributed by atoms with Gasteiger partial charge in [0.1, 0.15) is 40.2 Å². The number of anilines is 1. The lowest BCUT2D eigenvalue weighted by molar-refractivity contribution is -0.147. The van der Waals surface area contributed by atoms with E-state index in [1.807, 2.05) is 7.11 Å². The van der Waals surface area contributed by atoms with Crippen LogP contribution in [0.4, 0.5) is 5.69 Å². The Hall–Kier alpha value is -6.72. The highest BCUT2D eigenvalue weighted by atomic mass is 32.3. The second kappa shape index (κ2) is 31.0. The lowest BCUT2D eigenvalue weighted by atomic mass is 9.72. The van der Waals surface area contributed by atoms with Crippen LogP contribution in [0.5, 0.6) is 11.5 Å². The number of ether oxygens (including phenoxy) is 1. The molecule has 13 atom stereocenters. The maximum absolute atomic E-state index is 14.7. The van der Waals surface area contributed by atoms with Gasteiger partial charge in [-0.05, 0) is 125 Å². The lowest BCUT2D eigenvalue weighted by Gasteiger charge is -2.47. The predicted molar refractivity (Wildman–Crippen MR) is 337 cm³/mol. The fourth-order valence-corrected chi connectivity index (χ4v) is 15.7. The van der Waals surface area contributed by atoms with Gasteiger partial charge >= 0.3 is 10.4 Å². The van der Waals surface area contributed by atoms with E-state index in [1.54, 1.807) is 11.3 Å². The van der Waals surface area contributed by atoms with Gasteiger partial charge < -0.3 is 91.7 Å². The number of carbonyl (C=O) groups is 7. The fourth-order valence-electron chi connectivity index (χ4n) is 14.3. The van der Waals surface area contributed by atoms with Crippen molar-refractivity contribution >= 4 is 68.8 Å². The van der Waals surface area contributed by atoms with Gasteiger partial charge in [-0.3, -0.25) is 38.1 Å². The number of piperidine rings is 1. The number of phenols is 1. The van der Waals surface area contributed by atoms with Crippen molar-refractivity contribution in [1.29, 1.82) is 0 Å². The second-order valence-electron chi connectivity index (χ2n) is 26.2. The molecule has 94 heavy (non-hydrogen) atoms. The van der Waals surface area contributed by atoms with E-state index in [1.165, 1.54) is 46.0 Å². The summed E-state index contributed by atoms with van der Waals surface area (Å²) in [7, 11) is -3.35. The van der Waals surface area contributed by atoms with Gasteiger partial charge in [-0.2, -0.15) is 8.42 Å². The van der Waals surface area contributed by atoms with Crippen molar-refractivity contribution in [2.45, 2.75) is 195 Å². The number of hydrogen-bond acceptors (Lipinski definition) is 23. The number of fused-ring (bicyclic) bond motifs is 2. The highest BCUT2D eigenvalue weighted by Crippen LogP contribution is 2.43. The molecular formula is C62H89N11O19S2. The third kappa shape index (κ3) is 17.3. The zero-order valence-electron chi connectivity index (χ0n) is 52.8. The minimum absolute atomic E-state index is 0.00178. The summed E-state index contributed by atoms with van der Waals surface area (Å²) >= 11 is 1.55. The number of aliphatic hydroxyl groups excluding tert-OH is 6. The number of β-amino-alcohol motifs (C(OH)–C–C–N with tert-alkyl or cyclic N) is 1. The molecule has 6 fully saturated rings. The van der Waals surface area contributed by atoms with Crippen LogP contribution in [-0.2, 0) is 55.1 Å². The third-order valence-electron chi connectivity index (χ3n) is 19.6. The van der Waals surface area contributed by atoms with E-state index in [4.69, 9.17) is 10.5 Å². The fraction of sp³-hybridized carbons (Fsp3) is 0.661. The highest BCUT2D eigenvalue weighted by molar-refractivity contribution is 7.81. The first-order valence-electron chi connectivity index (χ1n) is 32.2. The van der Waals surface area contributed by atoms with Gasteiger partial charge in [0.25, 0.3) is 0 Å². The van der Waals surface area contributed by atoms with Crippen molar-refractivity contribution in [3.8, 4) is 22.1 Å². The first-order chi connectivity index (χ1) is 44.6. The van der Waals surface area contributed by atoms with Crippen LogP contribution in [0, 0.1) is 17.8 Å². The third-order valence-corrected chi connectivity index (χ3v) is 21.2. The van der Waals surface area contributed by atoms with Crippen molar-refractivity contribution in [3.63, 3.8) is 0 Å². The second-order valence-corrected chi connectivity index (χ2v) is 28.2. The molecule has 1 aromatic heterocycles. The molecule has 0 spiro atoms. The van der Waals surface area contributed by atoms with Gasteiger partial charge in [-0.15, -0.1) is 10.2 Å². The zero-order chi connectivity index (χ0) is 67.9. The SMILES string of the molecule is COC1(C2CCCCC2)CCN(c2ccc(-c3nnc([C@H]4CC[C@H](CN[C@H]5C[C@@H](O)CNC(=O)[C@@H]6[C@@H](O)[C@@H](C)CN6C(=O)[C@H]([C@H](O)CC(N)=O)NC(=O)[C@H]([C@H](O)Cc6ccc(O)c(OS(=O)(=O)O)c6)NC(=O)[C@@H]6C[C@@H](O)CN6C(=O)[C@H]([C@@H](C)O)NC5=O)CC4)s3)cc2)CC1. The summed E-state index contributed by atoms with van der Waals surface area (Å²) in [6.07, 6.45) is -1.97. The molecule has 2 aromatic carbocycles. The van der Waals surface area contributed by atoms with Crippen molar-refractivity contribution in [3.05, 3.63) is 53.0 Å². The number of nitrogens with two attached hydrogens (primary N) is 1. The molecule has 2 saturated carbocycles. The number of nitrogens with zero attached hydrogens (tertiary/aromatic N) is 5. The first-order valence-corrected chi connectivity index (χ1v) is 34.4. The number of aromatic nitrogens is 2. The van der Waals surface area contributed by atoms with Gasteiger partial charge in [0.2, 0.25) is 41.4 Å². The average Bonchev–Trinajstić information content (AvgIpc) is 1.47. The normalized spacial score (nSPS) is 30.0. The van der Waals surface area contributed by atoms with Crippen LogP contribution in [0.3, 0.4) is 0 Å². The Labute approximate surface area is 548 Å². The first kappa shape index (κ1) is 71.6. The number of phenolic OH excluding ortho intramolecular Hbond substituents is 1. The van der Waals surface area contributed by atoms with Crippen LogP contribution in [-0.4, -0.2) is 235 Å². The predicted octanol–water partition coefficient (Wildman–Crippen LogP) is -1.38. The lowest BCUT2D eigenvalue weighted by Crippen LogP contribution is -2.64. The monoisotopic (exact) mass is 1360 g/mol. The molecular weight excluding hydrogens is 1270 g/mol. The summed E-state index contributed by atoms with van der Waals surface area (Å²) in [5.74, 6) is -9.87. The van der Waals surface area contributed by atoms with Crippen molar-refractivity contribution in [1.82, 2.24) is 46.6 Å². The van der Waals surface area contributed by atoms with Crippen LogP contribution in [0.25, 0.3) is 10.6 Å². The smallest absolute Gasteiger partial charge is 0.446 e. The molecule has 4 saturated heterocycles. The number of methoxy groups -OCH3 is 1. The maximum atomic E-state index is 14.7. The minimum Gasteiger partial charge on any atom is -0.504 e. The molecule has 6 aliphatic rings. The van der Waals surface area contributed by atoms with Crippen LogP contribution in [0.2, 0.25) is 0 Å². The Morgan fingerprint density at radius 2 is 1.46 bits per heavy atom. The number of aromatic hydroxyl groups is 1.